The molecule has 3 aliphatic rings. The van der Waals surface area contributed by atoms with Gasteiger partial charge in [-0.25, -0.2) is 0 Å². The van der Waals surface area contributed by atoms with Crippen LogP contribution in [0.3, 0.4) is 0 Å². The van der Waals surface area contributed by atoms with Crippen molar-refractivity contribution >= 4 is 0 Å². The quantitative estimate of drug-likeness (QED) is 0.771. The average Bonchev–Trinajstić information content (AvgIpc) is 2.91. The molecule has 136 valence electrons. The molecule has 3 heterocycles. The van der Waals surface area contributed by atoms with E-state index in [1.807, 2.05) is 0 Å². The molecule has 0 N–H and O–H groups in total. The largest absolute Gasteiger partial charge is 0.304 e. The third-order valence-corrected chi connectivity index (χ3v) is 5.97. The summed E-state index contributed by atoms with van der Waals surface area (Å²) < 4.78 is 0. The van der Waals surface area contributed by atoms with Crippen molar-refractivity contribution in [3.63, 3.8) is 0 Å². The van der Waals surface area contributed by atoms with Gasteiger partial charge >= 0.3 is 0 Å². The van der Waals surface area contributed by atoms with Crippen molar-refractivity contribution in [2.75, 3.05) is 60.4 Å². The summed E-state index contributed by atoms with van der Waals surface area (Å²) in [5.41, 5.74) is 0. The normalized spacial score (nSPS) is 34.3. The van der Waals surface area contributed by atoms with Gasteiger partial charge in [0.1, 0.15) is 0 Å². The molecular weight excluding hydrogens is 284 g/mol. The van der Waals surface area contributed by atoms with Gasteiger partial charge in [0.15, 0.2) is 0 Å². The van der Waals surface area contributed by atoms with Crippen LogP contribution in [-0.4, -0.2) is 98.1 Å². The average molecular weight is 325 g/mol. The summed E-state index contributed by atoms with van der Waals surface area (Å²) >= 11 is 0. The molecule has 0 aromatic rings. The lowest BCUT2D eigenvalue weighted by molar-refractivity contribution is 0.0795. The number of hydrogen-bond donors (Lipinski definition) is 0. The number of rotatable bonds is 2. The zero-order chi connectivity index (χ0) is 17.0. The maximum Gasteiger partial charge on any atom is 0.0224 e. The molecular formula is C19H40N4. The molecule has 3 fully saturated rings. The van der Waals surface area contributed by atoms with Crippen molar-refractivity contribution in [2.45, 2.75) is 58.2 Å². The van der Waals surface area contributed by atoms with E-state index in [9.17, 15) is 0 Å². The number of piperazine rings is 2. The Bertz CT molecular complexity index is 328. The lowest BCUT2D eigenvalue weighted by Crippen LogP contribution is -2.53. The Labute approximate surface area is 144 Å². The second kappa shape index (κ2) is 8.80. The molecule has 0 spiro atoms. The van der Waals surface area contributed by atoms with Gasteiger partial charge in [-0.3, -0.25) is 4.90 Å². The number of likely N-dealkylation sites (N-methyl/N-ethyl adjacent to an activating group) is 3. The molecule has 3 saturated heterocycles. The predicted octanol–water partition coefficient (Wildman–Crippen LogP) is 2.06. The predicted molar refractivity (Wildman–Crippen MR) is 100 cm³/mol. The second-order valence-corrected chi connectivity index (χ2v) is 8.61. The number of fused-ring (bicyclic) bond motifs is 1. The van der Waals surface area contributed by atoms with Gasteiger partial charge in [-0.1, -0.05) is 13.8 Å². The van der Waals surface area contributed by atoms with Crippen LogP contribution in [0.4, 0.5) is 0 Å². The maximum absolute atomic E-state index is 2.66. The third kappa shape index (κ3) is 5.70. The van der Waals surface area contributed by atoms with Crippen molar-refractivity contribution in [1.82, 2.24) is 19.6 Å². The Hall–Kier alpha value is -0.160. The second-order valence-electron chi connectivity index (χ2n) is 8.61. The number of nitrogens with zero attached hydrogens (tertiary/aromatic N) is 4. The Balaban J connectivity index is 0.000000167. The number of hydrogen-bond acceptors (Lipinski definition) is 4. The Morgan fingerprint density at radius 1 is 0.913 bits per heavy atom. The van der Waals surface area contributed by atoms with E-state index in [1.165, 1.54) is 58.5 Å². The molecule has 3 aliphatic heterocycles. The first-order valence-electron chi connectivity index (χ1n) is 9.70. The minimum absolute atomic E-state index is 0.768. The van der Waals surface area contributed by atoms with Crippen LogP contribution in [0.15, 0.2) is 0 Å². The molecule has 0 aromatic carbocycles. The van der Waals surface area contributed by atoms with Gasteiger partial charge in [-0.2, -0.15) is 0 Å². The molecule has 4 nitrogen and oxygen atoms in total. The summed E-state index contributed by atoms with van der Waals surface area (Å²) in [4.78, 5) is 10.1. The fourth-order valence-corrected chi connectivity index (χ4v) is 4.23. The molecule has 3 unspecified atom stereocenters. The topological polar surface area (TPSA) is 13.0 Å². The third-order valence-electron chi connectivity index (χ3n) is 5.97. The van der Waals surface area contributed by atoms with E-state index in [-0.39, 0.29) is 0 Å². The van der Waals surface area contributed by atoms with Gasteiger partial charge in [0.2, 0.25) is 0 Å². The van der Waals surface area contributed by atoms with Crippen molar-refractivity contribution in [1.29, 1.82) is 0 Å². The highest BCUT2D eigenvalue weighted by Gasteiger charge is 2.32. The van der Waals surface area contributed by atoms with Crippen molar-refractivity contribution < 1.29 is 0 Å². The van der Waals surface area contributed by atoms with Gasteiger partial charge in [0.05, 0.1) is 0 Å². The van der Waals surface area contributed by atoms with Gasteiger partial charge in [0.25, 0.3) is 0 Å². The Kier molecular flexibility index (Phi) is 7.33. The van der Waals surface area contributed by atoms with Crippen LogP contribution in [0.5, 0.6) is 0 Å². The molecule has 23 heavy (non-hydrogen) atoms. The van der Waals surface area contributed by atoms with Gasteiger partial charge in [-0.05, 0) is 59.8 Å². The molecule has 0 amide bonds. The molecule has 3 rings (SSSR count). The van der Waals surface area contributed by atoms with Crippen LogP contribution in [0.1, 0.15) is 40.0 Å². The maximum atomic E-state index is 2.66. The lowest BCUT2D eigenvalue weighted by atomic mass is 10.0. The molecule has 3 atom stereocenters. The summed E-state index contributed by atoms with van der Waals surface area (Å²) in [7, 11) is 6.72. The van der Waals surface area contributed by atoms with Crippen molar-refractivity contribution in [3.8, 4) is 0 Å². The molecule has 0 saturated carbocycles. The molecule has 0 aliphatic carbocycles. The SMILES string of the molecule is CC(C)CC1CN(C)CCN1C.CC1CN2CCCC2CN1C. The van der Waals surface area contributed by atoms with Gasteiger partial charge < -0.3 is 14.7 Å². The van der Waals surface area contributed by atoms with Crippen LogP contribution in [0.25, 0.3) is 0 Å². The highest BCUT2D eigenvalue weighted by Crippen LogP contribution is 2.23. The molecule has 0 radical (unpaired) electrons. The van der Waals surface area contributed by atoms with E-state index in [1.54, 1.807) is 0 Å². The van der Waals surface area contributed by atoms with Crippen LogP contribution in [-0.2, 0) is 0 Å². The summed E-state index contributed by atoms with van der Waals surface area (Å²) in [5, 5.41) is 0. The molecule has 4 heteroatoms. The summed E-state index contributed by atoms with van der Waals surface area (Å²) in [6.07, 6.45) is 4.18. The first-order chi connectivity index (χ1) is 10.9. The molecule has 0 bridgehead atoms. The van der Waals surface area contributed by atoms with Crippen molar-refractivity contribution in [2.24, 2.45) is 5.92 Å². The summed E-state index contributed by atoms with van der Waals surface area (Å²) in [5.74, 6) is 0.823. The zero-order valence-corrected chi connectivity index (χ0v) is 16.5. The van der Waals surface area contributed by atoms with E-state index in [4.69, 9.17) is 0 Å². The minimum Gasteiger partial charge on any atom is -0.304 e. The van der Waals surface area contributed by atoms with E-state index >= 15 is 0 Å². The van der Waals surface area contributed by atoms with E-state index in [0.717, 1.165) is 24.0 Å². The summed E-state index contributed by atoms with van der Waals surface area (Å²) in [6, 6.07) is 2.43. The zero-order valence-electron chi connectivity index (χ0n) is 16.5. The van der Waals surface area contributed by atoms with Crippen LogP contribution in [0, 0.1) is 5.92 Å². The minimum atomic E-state index is 0.768. The van der Waals surface area contributed by atoms with Crippen LogP contribution < -0.4 is 0 Å². The summed E-state index contributed by atoms with van der Waals surface area (Å²) in [6.45, 7) is 14.6. The molecule has 0 aromatic heterocycles. The Morgan fingerprint density at radius 3 is 2.35 bits per heavy atom. The monoisotopic (exact) mass is 324 g/mol. The fraction of sp³-hybridized carbons (Fsp3) is 1.00. The lowest BCUT2D eigenvalue weighted by Gasteiger charge is -2.40. The van der Waals surface area contributed by atoms with E-state index in [2.05, 4.69) is 61.5 Å². The van der Waals surface area contributed by atoms with Gasteiger partial charge in [0, 0.05) is 50.8 Å². The first kappa shape index (κ1) is 19.2. The van der Waals surface area contributed by atoms with Gasteiger partial charge in [-0.15, -0.1) is 0 Å². The van der Waals surface area contributed by atoms with Crippen LogP contribution in [0.2, 0.25) is 0 Å². The first-order valence-corrected chi connectivity index (χ1v) is 9.70. The van der Waals surface area contributed by atoms with E-state index in [0.29, 0.717) is 0 Å². The smallest absolute Gasteiger partial charge is 0.0224 e. The Morgan fingerprint density at radius 2 is 1.65 bits per heavy atom. The standard InChI is InChI=1S/C10H22N2.C9H18N2/c1-9(2)7-10-8-11(3)5-6-12(10)4;1-8-6-11-5-3-4-9(11)7-10(8)2/h9-10H,5-8H2,1-4H3;8-9H,3-7H2,1-2H3. The highest BCUT2D eigenvalue weighted by atomic mass is 15.3. The van der Waals surface area contributed by atoms with Crippen molar-refractivity contribution in [3.05, 3.63) is 0 Å². The fourth-order valence-electron chi connectivity index (χ4n) is 4.23. The highest BCUT2D eigenvalue weighted by molar-refractivity contribution is 4.89. The van der Waals surface area contributed by atoms with Crippen LogP contribution >= 0.6 is 0 Å². The van der Waals surface area contributed by atoms with E-state index < -0.39 is 0 Å².